The number of carbonyl (C=O) groups excluding carboxylic acids is 2. The van der Waals surface area contributed by atoms with Crippen LogP contribution in [0.2, 0.25) is 0 Å². The monoisotopic (exact) mass is 352 g/mol. The second kappa shape index (κ2) is 7.39. The largest absolute Gasteiger partial charge is 0.503 e. The van der Waals surface area contributed by atoms with E-state index in [1.54, 1.807) is 44.6 Å². The number of nitrogens with zero attached hydrogens (tertiary/aromatic N) is 2. The molecule has 0 saturated heterocycles. The highest BCUT2D eigenvalue weighted by molar-refractivity contribution is 6.08. The molecule has 0 bridgehead atoms. The number of para-hydroxylation sites is 1. The summed E-state index contributed by atoms with van der Waals surface area (Å²) < 4.78 is 5.36. The minimum Gasteiger partial charge on any atom is -0.503 e. The van der Waals surface area contributed by atoms with E-state index in [2.05, 4.69) is 4.98 Å². The molecule has 2 heterocycles. The zero-order valence-corrected chi connectivity index (χ0v) is 14.7. The molecular formula is C20H20N2O4. The zero-order valence-electron chi connectivity index (χ0n) is 14.7. The Hall–Kier alpha value is -3.15. The third kappa shape index (κ3) is 3.06. The van der Waals surface area contributed by atoms with E-state index < -0.39 is 17.7 Å². The first kappa shape index (κ1) is 17.7. The van der Waals surface area contributed by atoms with Crippen molar-refractivity contribution in [3.8, 4) is 5.75 Å². The number of aliphatic hydroxyl groups excluding tert-OH is 1. The van der Waals surface area contributed by atoms with E-state index in [1.165, 1.54) is 4.90 Å². The van der Waals surface area contributed by atoms with E-state index in [0.717, 1.165) is 5.56 Å². The van der Waals surface area contributed by atoms with Crippen LogP contribution in [0, 0.1) is 0 Å². The number of pyridine rings is 1. The van der Waals surface area contributed by atoms with Crippen LogP contribution in [0.1, 0.15) is 30.5 Å². The van der Waals surface area contributed by atoms with Crippen LogP contribution in [0.15, 0.2) is 60.1 Å². The van der Waals surface area contributed by atoms with Crippen molar-refractivity contribution in [2.45, 2.75) is 25.9 Å². The maximum absolute atomic E-state index is 12.7. The van der Waals surface area contributed by atoms with Gasteiger partial charge < -0.3 is 14.7 Å². The molecule has 1 unspecified atom stereocenters. The Morgan fingerprint density at radius 1 is 1.27 bits per heavy atom. The van der Waals surface area contributed by atoms with Crippen molar-refractivity contribution in [1.29, 1.82) is 0 Å². The van der Waals surface area contributed by atoms with E-state index in [0.29, 0.717) is 11.3 Å². The highest BCUT2D eigenvalue weighted by Crippen LogP contribution is 2.39. The number of amides is 1. The zero-order chi connectivity index (χ0) is 18.7. The van der Waals surface area contributed by atoms with Gasteiger partial charge in [-0.1, -0.05) is 31.2 Å². The lowest BCUT2D eigenvalue weighted by Crippen LogP contribution is -2.30. The Morgan fingerprint density at radius 3 is 2.69 bits per heavy atom. The van der Waals surface area contributed by atoms with Gasteiger partial charge >= 0.3 is 0 Å². The number of aromatic nitrogens is 1. The molecule has 1 aliphatic rings. The molecule has 0 saturated carbocycles. The van der Waals surface area contributed by atoms with Crippen molar-refractivity contribution in [1.82, 2.24) is 9.88 Å². The molecule has 1 amide bonds. The lowest BCUT2D eigenvalue weighted by Gasteiger charge is -2.27. The van der Waals surface area contributed by atoms with Gasteiger partial charge in [-0.15, -0.1) is 0 Å². The van der Waals surface area contributed by atoms with Gasteiger partial charge in [0, 0.05) is 24.4 Å². The van der Waals surface area contributed by atoms with Crippen LogP contribution >= 0.6 is 0 Å². The average Bonchev–Trinajstić information content (AvgIpc) is 2.93. The fourth-order valence-electron chi connectivity index (χ4n) is 3.19. The number of rotatable bonds is 6. The Bertz CT molecular complexity index is 861. The minimum absolute atomic E-state index is 0.125. The first-order valence-electron chi connectivity index (χ1n) is 8.37. The molecule has 0 spiro atoms. The van der Waals surface area contributed by atoms with Gasteiger partial charge in [0.1, 0.15) is 5.75 Å². The number of carbonyl (C=O) groups is 2. The van der Waals surface area contributed by atoms with Crippen LogP contribution in [0.4, 0.5) is 0 Å². The molecule has 1 aromatic carbocycles. The van der Waals surface area contributed by atoms with E-state index in [4.69, 9.17) is 4.74 Å². The fraction of sp³-hybridized carbons (Fsp3) is 0.250. The molecule has 1 aromatic heterocycles. The molecule has 1 atom stereocenters. The number of hydrogen-bond acceptors (Lipinski definition) is 5. The maximum atomic E-state index is 12.7. The number of methoxy groups -OCH3 is 1. The first-order valence-corrected chi connectivity index (χ1v) is 8.37. The fourth-order valence-corrected chi connectivity index (χ4v) is 3.19. The Labute approximate surface area is 151 Å². The number of aliphatic hydroxyl groups is 1. The second-order valence-electron chi connectivity index (χ2n) is 5.97. The molecule has 0 radical (unpaired) electrons. The summed E-state index contributed by atoms with van der Waals surface area (Å²) in [4.78, 5) is 30.7. The highest BCUT2D eigenvalue weighted by Gasteiger charge is 2.43. The van der Waals surface area contributed by atoms with Gasteiger partial charge in [-0.3, -0.25) is 14.6 Å². The van der Waals surface area contributed by atoms with Crippen molar-refractivity contribution < 1.29 is 19.4 Å². The predicted octanol–water partition coefficient (Wildman–Crippen LogP) is 2.96. The quantitative estimate of drug-likeness (QED) is 0.864. The third-order valence-corrected chi connectivity index (χ3v) is 4.46. The van der Waals surface area contributed by atoms with Crippen LogP contribution in [-0.4, -0.2) is 33.8 Å². The lowest BCUT2D eigenvalue weighted by atomic mass is 9.96. The Morgan fingerprint density at radius 2 is 2.04 bits per heavy atom. The van der Waals surface area contributed by atoms with Gasteiger partial charge in [0.05, 0.1) is 25.3 Å². The van der Waals surface area contributed by atoms with Crippen LogP contribution in [0.5, 0.6) is 5.75 Å². The molecule has 0 fully saturated rings. The summed E-state index contributed by atoms with van der Waals surface area (Å²) in [5.41, 5.74) is 1.59. The minimum atomic E-state index is -0.673. The van der Waals surface area contributed by atoms with Gasteiger partial charge in [-0.2, -0.15) is 0 Å². The Balaban J connectivity index is 2.06. The summed E-state index contributed by atoms with van der Waals surface area (Å²) in [6, 6.07) is 10.2. The number of hydrogen-bond donors (Lipinski definition) is 1. The van der Waals surface area contributed by atoms with E-state index in [-0.39, 0.29) is 24.3 Å². The van der Waals surface area contributed by atoms with E-state index >= 15 is 0 Å². The molecule has 1 aliphatic heterocycles. The third-order valence-electron chi connectivity index (χ3n) is 4.46. The normalized spacial score (nSPS) is 16.9. The van der Waals surface area contributed by atoms with Gasteiger partial charge in [0.2, 0.25) is 0 Å². The number of ketones is 1. The summed E-state index contributed by atoms with van der Waals surface area (Å²) in [6.45, 7) is 1.91. The second-order valence-corrected chi connectivity index (χ2v) is 5.97. The molecule has 26 heavy (non-hydrogen) atoms. The molecule has 2 aromatic rings. The highest BCUT2D eigenvalue weighted by atomic mass is 16.5. The van der Waals surface area contributed by atoms with Crippen molar-refractivity contribution in [2.75, 3.05) is 7.11 Å². The Kier molecular flexibility index (Phi) is 5.02. The molecule has 6 heteroatoms. The molecule has 3 rings (SSSR count). The standard InChI is InChI=1S/C20H20N2O4/c1-3-15(23)17-18(13-8-6-10-21-11-13)22(20(25)19(17)24)12-14-7-4-5-9-16(14)26-2/h4-11,18,24H,3,12H2,1-2H3. The summed E-state index contributed by atoms with van der Waals surface area (Å²) >= 11 is 0. The van der Waals surface area contributed by atoms with Gasteiger partial charge in [-0.05, 0) is 17.7 Å². The topological polar surface area (TPSA) is 79.7 Å². The molecular weight excluding hydrogens is 332 g/mol. The predicted molar refractivity (Wildman–Crippen MR) is 95.5 cm³/mol. The van der Waals surface area contributed by atoms with Gasteiger partial charge in [0.25, 0.3) is 5.91 Å². The molecule has 134 valence electrons. The van der Waals surface area contributed by atoms with Gasteiger partial charge in [0.15, 0.2) is 11.5 Å². The van der Waals surface area contributed by atoms with Crippen molar-refractivity contribution in [2.24, 2.45) is 0 Å². The summed E-state index contributed by atoms with van der Waals surface area (Å²) in [7, 11) is 1.56. The number of benzene rings is 1. The van der Waals surface area contributed by atoms with Gasteiger partial charge in [-0.25, -0.2) is 0 Å². The maximum Gasteiger partial charge on any atom is 0.290 e. The molecule has 1 N–H and O–H groups in total. The smallest absolute Gasteiger partial charge is 0.290 e. The summed E-state index contributed by atoms with van der Waals surface area (Å²) in [6.07, 6.45) is 3.43. The summed E-state index contributed by atoms with van der Waals surface area (Å²) in [5.74, 6) is -0.672. The number of Topliss-reactive ketones (excluding diaryl/α,β-unsaturated/α-hetero) is 1. The first-order chi connectivity index (χ1) is 12.6. The van der Waals surface area contributed by atoms with E-state index in [9.17, 15) is 14.7 Å². The van der Waals surface area contributed by atoms with E-state index in [1.807, 2.05) is 18.2 Å². The molecule has 0 aliphatic carbocycles. The lowest BCUT2D eigenvalue weighted by molar-refractivity contribution is -0.130. The van der Waals surface area contributed by atoms with Crippen molar-refractivity contribution >= 4 is 11.7 Å². The van der Waals surface area contributed by atoms with Crippen LogP contribution in [0.25, 0.3) is 0 Å². The average molecular weight is 352 g/mol. The van der Waals surface area contributed by atoms with Crippen LogP contribution < -0.4 is 4.74 Å². The number of ether oxygens (including phenoxy) is 1. The SMILES string of the molecule is CCC(=O)C1=C(O)C(=O)N(Cc2ccccc2OC)C1c1cccnc1. The van der Waals surface area contributed by atoms with Crippen LogP contribution in [-0.2, 0) is 16.1 Å². The summed E-state index contributed by atoms with van der Waals surface area (Å²) in [5, 5.41) is 10.4. The van der Waals surface area contributed by atoms with Crippen molar-refractivity contribution in [3.05, 3.63) is 71.3 Å². The van der Waals surface area contributed by atoms with Crippen LogP contribution in [0.3, 0.4) is 0 Å². The molecule has 6 nitrogen and oxygen atoms in total. The van der Waals surface area contributed by atoms with Crippen molar-refractivity contribution in [3.63, 3.8) is 0 Å².